The Morgan fingerprint density at radius 3 is 3.00 bits per heavy atom. The summed E-state index contributed by atoms with van der Waals surface area (Å²) in [6.45, 7) is 0.906. The number of allylic oxidation sites excluding steroid dienone is 1. The first kappa shape index (κ1) is 10.6. The second-order valence-corrected chi connectivity index (χ2v) is 4.50. The van der Waals surface area contributed by atoms with Crippen molar-refractivity contribution >= 4 is 21.7 Å². The highest BCUT2D eigenvalue weighted by Crippen LogP contribution is 2.18. The van der Waals surface area contributed by atoms with Gasteiger partial charge in [0.05, 0.1) is 0 Å². The van der Waals surface area contributed by atoms with Crippen LogP contribution in [0.4, 0.5) is 5.82 Å². The van der Waals surface area contributed by atoms with E-state index in [4.69, 9.17) is 0 Å². The third-order valence-electron chi connectivity index (χ3n) is 2.52. The molecule has 0 aliphatic heterocycles. The number of halogens is 1. The highest BCUT2D eigenvalue weighted by Gasteiger charge is 2.03. The minimum Gasteiger partial charge on any atom is -0.366 e. The van der Waals surface area contributed by atoms with Gasteiger partial charge in [0.25, 0.3) is 0 Å². The van der Waals surface area contributed by atoms with Crippen LogP contribution in [-0.4, -0.2) is 16.5 Å². The Morgan fingerprint density at radius 2 is 2.27 bits per heavy atom. The van der Waals surface area contributed by atoms with E-state index < -0.39 is 0 Å². The van der Waals surface area contributed by atoms with E-state index in [1.54, 1.807) is 6.33 Å². The molecule has 0 saturated carbocycles. The Hall–Kier alpha value is -0.900. The van der Waals surface area contributed by atoms with E-state index in [0.29, 0.717) is 0 Å². The SMILES string of the molecule is Brc1cc(NCC2=CCCCC2)ncn1. The average Bonchev–Trinajstić information content (AvgIpc) is 2.28. The van der Waals surface area contributed by atoms with Crippen molar-refractivity contribution in [2.45, 2.75) is 25.7 Å². The predicted molar refractivity (Wildman–Crippen MR) is 64.8 cm³/mol. The summed E-state index contributed by atoms with van der Waals surface area (Å²) in [6.07, 6.45) is 9.00. The molecule has 1 aromatic rings. The normalized spacial score (nSPS) is 15.9. The molecule has 0 saturated heterocycles. The van der Waals surface area contributed by atoms with Gasteiger partial charge in [-0.15, -0.1) is 0 Å². The predicted octanol–water partition coefficient (Wildman–Crippen LogP) is 3.15. The van der Waals surface area contributed by atoms with Crippen LogP contribution in [-0.2, 0) is 0 Å². The lowest BCUT2D eigenvalue weighted by molar-refractivity contribution is 0.695. The van der Waals surface area contributed by atoms with Crippen molar-refractivity contribution in [2.75, 3.05) is 11.9 Å². The standard InChI is InChI=1S/C11H14BrN3/c12-10-6-11(15-8-14-10)13-7-9-4-2-1-3-5-9/h4,6,8H,1-3,5,7H2,(H,13,14,15). The summed E-state index contributed by atoms with van der Waals surface area (Å²) >= 11 is 3.32. The molecule has 1 aliphatic carbocycles. The molecule has 2 rings (SSSR count). The quantitative estimate of drug-likeness (QED) is 0.676. The van der Waals surface area contributed by atoms with Crippen LogP contribution < -0.4 is 5.32 Å². The van der Waals surface area contributed by atoms with Crippen LogP contribution in [0.3, 0.4) is 0 Å². The van der Waals surface area contributed by atoms with Gasteiger partial charge >= 0.3 is 0 Å². The van der Waals surface area contributed by atoms with Gasteiger partial charge in [-0.2, -0.15) is 0 Å². The molecule has 15 heavy (non-hydrogen) atoms. The van der Waals surface area contributed by atoms with Gasteiger partial charge in [0, 0.05) is 12.6 Å². The number of hydrogen-bond acceptors (Lipinski definition) is 3. The minimum absolute atomic E-state index is 0.817. The fraction of sp³-hybridized carbons (Fsp3) is 0.455. The summed E-state index contributed by atoms with van der Waals surface area (Å²) in [5.74, 6) is 0.878. The van der Waals surface area contributed by atoms with Gasteiger partial charge < -0.3 is 5.32 Å². The lowest BCUT2D eigenvalue weighted by Crippen LogP contribution is -2.08. The van der Waals surface area contributed by atoms with Crippen molar-refractivity contribution in [2.24, 2.45) is 0 Å². The Kier molecular flexibility index (Phi) is 3.72. The largest absolute Gasteiger partial charge is 0.366 e. The summed E-state index contributed by atoms with van der Waals surface area (Å²) in [7, 11) is 0. The van der Waals surface area contributed by atoms with E-state index in [1.165, 1.54) is 31.3 Å². The number of nitrogens with zero attached hydrogens (tertiary/aromatic N) is 2. The Labute approximate surface area is 98.1 Å². The van der Waals surface area contributed by atoms with Crippen LogP contribution in [0, 0.1) is 0 Å². The molecule has 0 unspecified atom stereocenters. The van der Waals surface area contributed by atoms with Crippen molar-refractivity contribution < 1.29 is 0 Å². The molecule has 1 aliphatic rings. The molecule has 0 spiro atoms. The Morgan fingerprint density at radius 1 is 1.33 bits per heavy atom. The number of hydrogen-bond donors (Lipinski definition) is 1. The van der Waals surface area contributed by atoms with Gasteiger partial charge in [-0.3, -0.25) is 0 Å². The van der Waals surface area contributed by atoms with E-state index in [2.05, 4.69) is 37.3 Å². The van der Waals surface area contributed by atoms with Gasteiger partial charge in [0.15, 0.2) is 0 Å². The van der Waals surface area contributed by atoms with Gasteiger partial charge in [-0.05, 0) is 41.6 Å². The number of rotatable bonds is 3. The van der Waals surface area contributed by atoms with Crippen molar-refractivity contribution in [3.8, 4) is 0 Å². The molecule has 0 amide bonds. The van der Waals surface area contributed by atoms with E-state index in [1.807, 2.05) is 6.07 Å². The van der Waals surface area contributed by atoms with Crippen LogP contribution in [0.5, 0.6) is 0 Å². The van der Waals surface area contributed by atoms with Crippen LogP contribution in [0.2, 0.25) is 0 Å². The summed E-state index contributed by atoms with van der Waals surface area (Å²) in [4.78, 5) is 8.13. The van der Waals surface area contributed by atoms with Crippen LogP contribution in [0.25, 0.3) is 0 Å². The molecule has 3 nitrogen and oxygen atoms in total. The number of aromatic nitrogens is 2. The van der Waals surface area contributed by atoms with Crippen molar-refractivity contribution in [3.05, 3.63) is 28.6 Å². The van der Waals surface area contributed by atoms with Crippen LogP contribution in [0.1, 0.15) is 25.7 Å². The smallest absolute Gasteiger partial charge is 0.130 e. The monoisotopic (exact) mass is 267 g/mol. The zero-order chi connectivity index (χ0) is 10.5. The fourth-order valence-electron chi connectivity index (χ4n) is 1.70. The number of nitrogens with one attached hydrogen (secondary N) is 1. The van der Waals surface area contributed by atoms with Gasteiger partial charge in [-0.25, -0.2) is 9.97 Å². The minimum atomic E-state index is 0.817. The lowest BCUT2D eigenvalue weighted by atomic mass is 10.00. The third-order valence-corrected chi connectivity index (χ3v) is 2.95. The molecule has 1 aromatic heterocycles. The van der Waals surface area contributed by atoms with E-state index in [9.17, 15) is 0 Å². The molecule has 4 heteroatoms. The summed E-state index contributed by atoms with van der Waals surface area (Å²) < 4.78 is 0.817. The fourth-order valence-corrected chi connectivity index (χ4v) is 2.01. The molecule has 0 atom stereocenters. The van der Waals surface area contributed by atoms with Gasteiger partial charge in [-0.1, -0.05) is 11.6 Å². The Bertz CT molecular complexity index is 363. The summed E-state index contributed by atoms with van der Waals surface area (Å²) in [6, 6.07) is 1.89. The second kappa shape index (κ2) is 5.26. The van der Waals surface area contributed by atoms with E-state index >= 15 is 0 Å². The molecule has 0 bridgehead atoms. The Balaban J connectivity index is 1.90. The first-order valence-electron chi connectivity index (χ1n) is 5.24. The molecule has 0 aromatic carbocycles. The maximum absolute atomic E-state index is 4.14. The first-order valence-corrected chi connectivity index (χ1v) is 6.03. The second-order valence-electron chi connectivity index (χ2n) is 3.69. The first-order chi connectivity index (χ1) is 7.34. The zero-order valence-corrected chi connectivity index (χ0v) is 10.1. The average molecular weight is 268 g/mol. The molecule has 1 heterocycles. The maximum atomic E-state index is 4.14. The third kappa shape index (κ3) is 3.30. The van der Waals surface area contributed by atoms with Crippen molar-refractivity contribution in [3.63, 3.8) is 0 Å². The summed E-state index contributed by atoms with van der Waals surface area (Å²) in [5, 5.41) is 3.31. The van der Waals surface area contributed by atoms with Crippen LogP contribution >= 0.6 is 15.9 Å². The maximum Gasteiger partial charge on any atom is 0.130 e. The molecular formula is C11H14BrN3. The molecule has 80 valence electrons. The van der Waals surface area contributed by atoms with E-state index in [0.717, 1.165) is 17.0 Å². The molecule has 0 radical (unpaired) electrons. The van der Waals surface area contributed by atoms with Crippen molar-refractivity contribution in [1.82, 2.24) is 9.97 Å². The van der Waals surface area contributed by atoms with E-state index in [-0.39, 0.29) is 0 Å². The van der Waals surface area contributed by atoms with Gasteiger partial charge in [0.1, 0.15) is 16.7 Å². The lowest BCUT2D eigenvalue weighted by Gasteiger charge is -2.13. The topological polar surface area (TPSA) is 37.8 Å². The highest BCUT2D eigenvalue weighted by molar-refractivity contribution is 9.10. The number of anilines is 1. The van der Waals surface area contributed by atoms with Crippen LogP contribution in [0.15, 0.2) is 28.6 Å². The molecule has 0 fully saturated rings. The van der Waals surface area contributed by atoms with Gasteiger partial charge in [0.2, 0.25) is 0 Å². The highest BCUT2D eigenvalue weighted by atomic mass is 79.9. The molecule has 1 N–H and O–H groups in total. The molecular weight excluding hydrogens is 254 g/mol. The summed E-state index contributed by atoms with van der Waals surface area (Å²) in [5.41, 5.74) is 1.50. The zero-order valence-electron chi connectivity index (χ0n) is 8.54. The van der Waals surface area contributed by atoms with Crippen molar-refractivity contribution in [1.29, 1.82) is 0 Å².